The monoisotopic (exact) mass is 928 g/mol. The quantitative estimate of drug-likeness (QED) is 0.0639. The molecule has 0 aromatic heterocycles. The molecule has 0 aliphatic heterocycles. The number of nitrogens with zero attached hydrogens (tertiary/aromatic N) is 3. The van der Waals surface area contributed by atoms with Gasteiger partial charge in [0.1, 0.15) is 22.9 Å². The van der Waals surface area contributed by atoms with Crippen LogP contribution in [0.25, 0.3) is 0 Å². The van der Waals surface area contributed by atoms with E-state index in [0.29, 0.717) is 38.1 Å². The zero-order valence-electron chi connectivity index (χ0n) is 32.5. The molecule has 1 N–H and O–H groups in total. The van der Waals surface area contributed by atoms with Crippen molar-refractivity contribution in [2.24, 2.45) is 0 Å². The Kier molecular flexibility index (Phi) is 22.0. The maximum Gasteiger partial charge on any atom is 0.416 e. The Morgan fingerprint density at radius 2 is 1.66 bits per heavy atom. The Hall–Kier alpha value is -4.39. The number of anilines is 1. The van der Waals surface area contributed by atoms with Gasteiger partial charge in [0.2, 0.25) is 15.9 Å². The summed E-state index contributed by atoms with van der Waals surface area (Å²) in [6.45, 7) is 14.4. The van der Waals surface area contributed by atoms with Gasteiger partial charge in [0.25, 0.3) is 17.5 Å². The van der Waals surface area contributed by atoms with Crippen LogP contribution in [0.2, 0.25) is 5.02 Å². The van der Waals surface area contributed by atoms with Crippen LogP contribution in [0.1, 0.15) is 40.9 Å². The first-order valence-corrected chi connectivity index (χ1v) is 20.7. The van der Waals surface area contributed by atoms with Gasteiger partial charge in [0.15, 0.2) is 4.84 Å². The summed E-state index contributed by atoms with van der Waals surface area (Å²) >= 11 is 22.3. The number of carbonyl (C=O) groups is 3. The second kappa shape index (κ2) is 24.6. The van der Waals surface area contributed by atoms with E-state index in [0.717, 1.165) is 47.5 Å². The highest BCUT2D eigenvalue weighted by atomic mass is 35.5. The van der Waals surface area contributed by atoms with Gasteiger partial charge in [0.05, 0.1) is 40.1 Å². The van der Waals surface area contributed by atoms with Crippen molar-refractivity contribution in [3.8, 4) is 11.5 Å². The summed E-state index contributed by atoms with van der Waals surface area (Å²) in [5.74, 6) is -2.11. The van der Waals surface area contributed by atoms with Crippen LogP contribution in [0.4, 0.5) is 24.5 Å². The lowest BCUT2D eigenvalue weighted by Gasteiger charge is -2.31. The van der Waals surface area contributed by atoms with Crippen LogP contribution in [0.15, 0.2) is 79.9 Å². The molecule has 1 unspecified atom stereocenters. The fourth-order valence-corrected chi connectivity index (χ4v) is 6.13. The van der Waals surface area contributed by atoms with Crippen LogP contribution in [0.3, 0.4) is 0 Å². The SMILES string of the molecule is C=CCN(CC=C)C(=O)C(Cl)Cl.CCc1cccc(C)c1N(C(=O)CCl)C(C)COC.CS(=O)(=O)NC(=O)c1cc(Oc2ccc(C(F)(F)F)cc2Cl)ccc1[N+](=O)[O-]. The highest BCUT2D eigenvalue weighted by Gasteiger charge is 2.31. The van der Waals surface area contributed by atoms with E-state index in [4.69, 9.17) is 55.9 Å². The number of aryl methyl sites for hydroxylation is 2. The molecule has 0 radical (unpaired) electrons. The smallest absolute Gasteiger partial charge is 0.416 e. The molecule has 13 nitrogen and oxygen atoms in total. The number of nitrogens with one attached hydrogen (secondary N) is 1. The van der Waals surface area contributed by atoms with Crippen molar-refractivity contribution in [2.75, 3.05) is 43.8 Å². The minimum Gasteiger partial charge on any atom is -0.456 e. The minimum atomic E-state index is -4.62. The molecular formula is C38H43Cl4F3N4O9S. The van der Waals surface area contributed by atoms with Crippen molar-refractivity contribution in [3.05, 3.63) is 117 Å². The van der Waals surface area contributed by atoms with Gasteiger partial charge in [-0.1, -0.05) is 72.1 Å². The van der Waals surface area contributed by atoms with Crippen LogP contribution < -0.4 is 14.4 Å². The van der Waals surface area contributed by atoms with Gasteiger partial charge in [-0.3, -0.25) is 24.5 Å². The van der Waals surface area contributed by atoms with Crippen molar-refractivity contribution < 1.29 is 50.4 Å². The lowest BCUT2D eigenvalue weighted by atomic mass is 10.0. The molecule has 0 saturated heterocycles. The summed E-state index contributed by atoms with van der Waals surface area (Å²) < 4.78 is 72.4. The number of hydrogen-bond donors (Lipinski definition) is 1. The number of rotatable bonds is 16. The van der Waals surface area contributed by atoms with Crippen molar-refractivity contribution in [2.45, 2.75) is 44.2 Å². The van der Waals surface area contributed by atoms with Gasteiger partial charge in [-0.25, -0.2) is 13.1 Å². The number of carbonyl (C=O) groups excluding carboxylic acids is 3. The number of benzene rings is 3. The van der Waals surface area contributed by atoms with E-state index in [-0.39, 0.29) is 35.2 Å². The minimum absolute atomic E-state index is 0.0223. The van der Waals surface area contributed by atoms with Crippen molar-refractivity contribution in [3.63, 3.8) is 0 Å². The first-order chi connectivity index (χ1) is 27.5. The number of sulfonamides is 1. The lowest BCUT2D eigenvalue weighted by molar-refractivity contribution is -0.385. The predicted molar refractivity (Wildman–Crippen MR) is 225 cm³/mol. The van der Waals surface area contributed by atoms with Crippen molar-refractivity contribution in [1.29, 1.82) is 0 Å². The molecule has 3 aromatic carbocycles. The summed E-state index contributed by atoms with van der Waals surface area (Å²) in [4.78, 5) is 47.8. The fraction of sp³-hybridized carbons (Fsp3) is 0.342. The van der Waals surface area contributed by atoms with Crippen LogP contribution >= 0.6 is 46.4 Å². The van der Waals surface area contributed by atoms with Crippen LogP contribution in [-0.4, -0.2) is 85.8 Å². The number of ether oxygens (including phenoxy) is 2. The zero-order valence-corrected chi connectivity index (χ0v) is 36.4. The zero-order chi connectivity index (χ0) is 45.2. The predicted octanol–water partition coefficient (Wildman–Crippen LogP) is 8.90. The highest BCUT2D eigenvalue weighted by molar-refractivity contribution is 7.89. The fourth-order valence-electron chi connectivity index (χ4n) is 5.05. The topological polar surface area (TPSA) is 165 Å². The van der Waals surface area contributed by atoms with Gasteiger partial charge in [-0.05, 0) is 55.7 Å². The second-order valence-corrected chi connectivity index (χ2v) is 15.7. The number of nitro groups is 1. The molecular weight excluding hydrogens is 887 g/mol. The van der Waals surface area contributed by atoms with E-state index in [1.807, 2.05) is 26.0 Å². The summed E-state index contributed by atoms with van der Waals surface area (Å²) in [5, 5.41) is 10.7. The number of para-hydroxylation sites is 1. The molecule has 0 bridgehead atoms. The molecule has 59 heavy (non-hydrogen) atoms. The summed E-state index contributed by atoms with van der Waals surface area (Å²) in [5.41, 5.74) is 0.868. The first-order valence-electron chi connectivity index (χ1n) is 17.1. The number of halogens is 7. The second-order valence-electron chi connectivity index (χ2n) is 12.1. The molecule has 1 atom stereocenters. The van der Waals surface area contributed by atoms with Crippen molar-refractivity contribution in [1.82, 2.24) is 9.62 Å². The number of hydrogen-bond acceptors (Lipinski definition) is 9. The van der Waals surface area contributed by atoms with Gasteiger partial charge < -0.3 is 19.3 Å². The third-order valence-electron chi connectivity index (χ3n) is 7.55. The standard InChI is InChI=1S/C15H10ClF3N2O6S.C15H22ClNO2.C8H11Cl2NO/c1-28(25,26)20-14(22)10-7-9(3-4-12(10)21(23)24)27-13-5-2-8(6-11(13)16)15(17,18)19;1-5-13-8-6-7-11(2)15(13)17(14(18)9-16)12(3)10-19-4;1-3-5-11(6-4-2)8(12)7(9)10/h2-7H,1H3,(H,20,22);6-8,12H,5,9-10H2,1-4H3;3-4,7H,1-2,5-6H2. The van der Waals surface area contributed by atoms with E-state index in [1.54, 1.807) is 28.9 Å². The van der Waals surface area contributed by atoms with Crippen LogP contribution in [0, 0.1) is 17.0 Å². The van der Waals surface area contributed by atoms with E-state index < -0.39 is 53.7 Å². The Bertz CT molecular complexity index is 2060. The Labute approximate surface area is 360 Å². The van der Waals surface area contributed by atoms with Crippen LogP contribution in [0.5, 0.6) is 11.5 Å². The van der Waals surface area contributed by atoms with Gasteiger partial charge >= 0.3 is 6.18 Å². The first kappa shape index (κ1) is 52.6. The van der Waals surface area contributed by atoms with E-state index in [1.165, 1.54) is 4.90 Å². The van der Waals surface area contributed by atoms with Crippen molar-refractivity contribution >= 4 is 85.5 Å². The average Bonchev–Trinajstić information content (AvgIpc) is 3.15. The summed E-state index contributed by atoms with van der Waals surface area (Å²) in [6.07, 6.45) is 0.156. The van der Waals surface area contributed by atoms with E-state index in [9.17, 15) is 46.1 Å². The molecule has 3 rings (SSSR count). The number of alkyl halides is 6. The third kappa shape index (κ3) is 17.0. The average molecular weight is 931 g/mol. The number of nitro benzene ring substituents is 1. The Balaban J connectivity index is 0.000000485. The Morgan fingerprint density at radius 1 is 1.05 bits per heavy atom. The van der Waals surface area contributed by atoms with Gasteiger partial charge in [-0.15, -0.1) is 24.8 Å². The molecule has 3 amide bonds. The molecule has 0 heterocycles. The molecule has 324 valence electrons. The summed E-state index contributed by atoms with van der Waals surface area (Å²) in [7, 11) is -2.36. The highest BCUT2D eigenvalue weighted by Crippen LogP contribution is 2.37. The summed E-state index contributed by atoms with van der Waals surface area (Å²) in [6, 6.07) is 11.1. The molecule has 3 aromatic rings. The van der Waals surface area contributed by atoms with Gasteiger partial charge in [0, 0.05) is 32.3 Å². The molecule has 0 aliphatic rings. The maximum absolute atomic E-state index is 12.7. The lowest BCUT2D eigenvalue weighted by Crippen LogP contribution is -2.43. The number of amides is 3. The van der Waals surface area contributed by atoms with Gasteiger partial charge in [-0.2, -0.15) is 13.2 Å². The van der Waals surface area contributed by atoms with E-state index in [2.05, 4.69) is 26.1 Å². The largest absolute Gasteiger partial charge is 0.456 e. The Morgan fingerprint density at radius 3 is 2.12 bits per heavy atom. The van der Waals surface area contributed by atoms with Crippen LogP contribution in [-0.2, 0) is 36.9 Å². The normalized spacial score (nSPS) is 11.5. The molecule has 0 saturated carbocycles. The van der Waals surface area contributed by atoms with E-state index >= 15 is 0 Å². The molecule has 0 spiro atoms. The third-order valence-corrected chi connectivity index (χ3v) is 9.00. The molecule has 21 heteroatoms. The number of methoxy groups -OCH3 is 1. The maximum atomic E-state index is 12.7. The molecule has 0 aliphatic carbocycles. The molecule has 0 fully saturated rings.